The number of sulfonamides is 1. The van der Waals surface area contributed by atoms with Crippen LogP contribution in [0.15, 0.2) is 12.4 Å². The molecule has 1 amide bonds. The van der Waals surface area contributed by atoms with Crippen LogP contribution in [-0.2, 0) is 19.6 Å². The third-order valence-electron chi connectivity index (χ3n) is 4.58. The fraction of sp³-hybridized carbons (Fsp3) is 0.688. The number of aryl methyl sites for hydroxylation is 1. The molecule has 26 heavy (non-hydrogen) atoms. The van der Waals surface area contributed by atoms with E-state index >= 15 is 0 Å². The largest absolute Gasteiger partial charge is 0.379 e. The van der Waals surface area contributed by atoms with Gasteiger partial charge in [0.05, 0.1) is 17.9 Å². The Morgan fingerprint density at radius 3 is 2.77 bits per heavy atom. The maximum absolute atomic E-state index is 12.4. The molecule has 146 valence electrons. The van der Waals surface area contributed by atoms with Crippen molar-refractivity contribution in [2.24, 2.45) is 5.92 Å². The third-order valence-corrected chi connectivity index (χ3v) is 5.94. The summed E-state index contributed by atoms with van der Waals surface area (Å²) in [6.45, 7) is 1.98. The molecule has 1 heterocycles. The van der Waals surface area contributed by atoms with Crippen LogP contribution >= 0.6 is 0 Å². The first-order valence-corrected chi connectivity index (χ1v) is 10.3. The summed E-state index contributed by atoms with van der Waals surface area (Å²) in [4.78, 5) is 20.7. The second-order valence-electron chi connectivity index (χ2n) is 6.39. The highest BCUT2D eigenvalue weighted by Gasteiger charge is 2.34. The summed E-state index contributed by atoms with van der Waals surface area (Å²) >= 11 is 0. The molecule has 0 saturated heterocycles. The number of nitrogens with zero attached hydrogens (tertiary/aromatic N) is 2. The monoisotopic (exact) mass is 385 g/mol. The number of hydrogen-bond donors (Lipinski definition) is 3. The molecule has 3 atom stereocenters. The topological polar surface area (TPSA) is 122 Å². The van der Waals surface area contributed by atoms with Crippen LogP contribution in [0.4, 0.5) is 5.82 Å². The highest BCUT2D eigenvalue weighted by Crippen LogP contribution is 2.28. The van der Waals surface area contributed by atoms with Crippen LogP contribution in [0, 0.1) is 12.8 Å². The average molecular weight is 385 g/mol. The standard InChI is InChI=1S/C16H27N5O4S/c1-11-8-15(20-10-19-11)21-13-9-12(4-5-14(13)25-3)16(22)18-6-7-26(23,24)17-2/h8,10,12-14,17H,4-7,9H2,1-3H3,(H,18,22)(H,19,20,21)/t12-,13+,14+/m0/s1. The van der Waals surface area contributed by atoms with Crippen LogP contribution in [0.3, 0.4) is 0 Å². The van der Waals surface area contributed by atoms with E-state index in [9.17, 15) is 13.2 Å². The normalized spacial score (nSPS) is 23.4. The van der Waals surface area contributed by atoms with Crippen molar-refractivity contribution in [3.05, 3.63) is 18.1 Å². The van der Waals surface area contributed by atoms with Crippen molar-refractivity contribution in [1.82, 2.24) is 20.0 Å². The van der Waals surface area contributed by atoms with Gasteiger partial charge in [-0.1, -0.05) is 0 Å². The van der Waals surface area contributed by atoms with Crippen LogP contribution < -0.4 is 15.4 Å². The van der Waals surface area contributed by atoms with Crippen molar-refractivity contribution in [3.63, 3.8) is 0 Å². The first-order valence-electron chi connectivity index (χ1n) is 8.61. The van der Waals surface area contributed by atoms with E-state index < -0.39 is 10.0 Å². The average Bonchev–Trinajstić information content (AvgIpc) is 2.61. The number of rotatable bonds is 8. The van der Waals surface area contributed by atoms with Gasteiger partial charge in [0, 0.05) is 31.3 Å². The number of hydrogen-bond acceptors (Lipinski definition) is 7. The van der Waals surface area contributed by atoms with E-state index in [1.807, 2.05) is 13.0 Å². The van der Waals surface area contributed by atoms with Crippen molar-refractivity contribution >= 4 is 21.7 Å². The summed E-state index contributed by atoms with van der Waals surface area (Å²) in [7, 11) is -0.310. The Labute approximate surface area is 154 Å². The lowest BCUT2D eigenvalue weighted by molar-refractivity contribution is -0.126. The minimum Gasteiger partial charge on any atom is -0.379 e. The molecule has 1 aromatic rings. The molecule has 10 heteroatoms. The fourth-order valence-corrected chi connectivity index (χ4v) is 3.67. The second-order valence-corrected chi connectivity index (χ2v) is 8.44. The zero-order chi connectivity index (χ0) is 19.2. The van der Waals surface area contributed by atoms with Gasteiger partial charge in [0.2, 0.25) is 15.9 Å². The Bertz CT molecular complexity index is 712. The van der Waals surface area contributed by atoms with Crippen molar-refractivity contribution in [1.29, 1.82) is 0 Å². The van der Waals surface area contributed by atoms with Gasteiger partial charge in [-0.3, -0.25) is 4.79 Å². The van der Waals surface area contributed by atoms with E-state index in [-0.39, 0.29) is 36.3 Å². The lowest BCUT2D eigenvalue weighted by Crippen LogP contribution is -2.45. The predicted octanol–water partition coefficient (Wildman–Crippen LogP) is 0.0460. The van der Waals surface area contributed by atoms with Gasteiger partial charge in [-0.2, -0.15) is 0 Å². The number of aromatic nitrogens is 2. The highest BCUT2D eigenvalue weighted by atomic mass is 32.2. The fourth-order valence-electron chi connectivity index (χ4n) is 3.09. The smallest absolute Gasteiger partial charge is 0.223 e. The predicted molar refractivity (Wildman–Crippen MR) is 98.2 cm³/mol. The zero-order valence-corrected chi connectivity index (χ0v) is 16.2. The van der Waals surface area contributed by atoms with Crippen molar-refractivity contribution in [2.75, 3.05) is 31.8 Å². The molecular formula is C16H27N5O4S. The molecule has 0 spiro atoms. The van der Waals surface area contributed by atoms with Gasteiger partial charge in [0.15, 0.2) is 0 Å². The van der Waals surface area contributed by atoms with Crippen molar-refractivity contribution in [2.45, 2.75) is 38.3 Å². The number of ether oxygens (including phenoxy) is 1. The quantitative estimate of drug-likeness (QED) is 0.578. The lowest BCUT2D eigenvalue weighted by atomic mass is 9.83. The summed E-state index contributed by atoms with van der Waals surface area (Å²) in [6, 6.07) is 1.79. The number of carbonyl (C=O) groups is 1. The van der Waals surface area contributed by atoms with Gasteiger partial charge in [0.1, 0.15) is 12.1 Å². The molecule has 1 aliphatic carbocycles. The summed E-state index contributed by atoms with van der Waals surface area (Å²) in [5.41, 5.74) is 0.854. The van der Waals surface area contributed by atoms with E-state index in [1.165, 1.54) is 13.4 Å². The van der Waals surface area contributed by atoms with Crippen LogP contribution in [0.5, 0.6) is 0 Å². The first kappa shape index (κ1) is 20.5. The first-order chi connectivity index (χ1) is 12.3. The molecule has 0 radical (unpaired) electrons. The molecule has 1 fully saturated rings. The summed E-state index contributed by atoms with van der Waals surface area (Å²) in [5, 5.41) is 6.05. The second kappa shape index (κ2) is 9.24. The Morgan fingerprint density at radius 1 is 1.35 bits per heavy atom. The van der Waals surface area contributed by atoms with Crippen molar-refractivity contribution < 1.29 is 17.9 Å². The lowest BCUT2D eigenvalue weighted by Gasteiger charge is -2.35. The van der Waals surface area contributed by atoms with Crippen LogP contribution in [0.2, 0.25) is 0 Å². The minimum atomic E-state index is -3.33. The van der Waals surface area contributed by atoms with Crippen LogP contribution in [0.1, 0.15) is 25.0 Å². The molecule has 1 aliphatic rings. The molecule has 0 aliphatic heterocycles. The Hall–Kier alpha value is -1.78. The van der Waals surface area contributed by atoms with E-state index in [0.29, 0.717) is 18.7 Å². The van der Waals surface area contributed by atoms with Crippen LogP contribution in [-0.4, -0.2) is 62.9 Å². The van der Waals surface area contributed by atoms with Gasteiger partial charge in [0.25, 0.3) is 0 Å². The number of methoxy groups -OCH3 is 1. The van der Waals surface area contributed by atoms with Gasteiger partial charge >= 0.3 is 0 Å². The van der Waals surface area contributed by atoms with Gasteiger partial charge in [-0.15, -0.1) is 0 Å². The molecule has 0 unspecified atom stereocenters. The van der Waals surface area contributed by atoms with Crippen LogP contribution in [0.25, 0.3) is 0 Å². The molecule has 1 saturated carbocycles. The SMILES string of the molecule is CNS(=O)(=O)CCNC(=O)[C@H]1CC[C@@H](OC)[C@H](Nc2cc(C)ncn2)C1. The van der Waals surface area contributed by atoms with Crippen molar-refractivity contribution in [3.8, 4) is 0 Å². The number of amides is 1. The number of nitrogens with one attached hydrogen (secondary N) is 3. The number of anilines is 1. The summed E-state index contributed by atoms with van der Waals surface area (Å²) in [6.07, 6.45) is 3.51. The van der Waals surface area contributed by atoms with Gasteiger partial charge < -0.3 is 15.4 Å². The highest BCUT2D eigenvalue weighted by molar-refractivity contribution is 7.89. The van der Waals surface area contributed by atoms with E-state index in [0.717, 1.165) is 12.1 Å². The minimum absolute atomic E-state index is 0.0148. The Kier molecular flexibility index (Phi) is 7.30. The van der Waals surface area contributed by atoms with Gasteiger partial charge in [-0.25, -0.2) is 23.1 Å². The summed E-state index contributed by atoms with van der Waals surface area (Å²) < 4.78 is 30.6. The molecule has 0 bridgehead atoms. The molecule has 3 N–H and O–H groups in total. The molecule has 1 aromatic heterocycles. The molecular weight excluding hydrogens is 358 g/mol. The summed E-state index contributed by atoms with van der Waals surface area (Å²) in [5.74, 6) is 0.242. The third kappa shape index (κ3) is 5.89. The maximum Gasteiger partial charge on any atom is 0.223 e. The Balaban J connectivity index is 1.93. The van der Waals surface area contributed by atoms with E-state index in [1.54, 1.807) is 7.11 Å². The molecule has 0 aromatic carbocycles. The maximum atomic E-state index is 12.4. The molecule has 2 rings (SSSR count). The van der Waals surface area contributed by atoms with Gasteiger partial charge in [-0.05, 0) is 33.2 Å². The molecule has 9 nitrogen and oxygen atoms in total. The van der Waals surface area contributed by atoms with E-state index in [4.69, 9.17) is 4.74 Å². The van der Waals surface area contributed by atoms with E-state index in [2.05, 4.69) is 25.3 Å². The number of carbonyl (C=O) groups excluding carboxylic acids is 1. The Morgan fingerprint density at radius 2 is 2.12 bits per heavy atom. The zero-order valence-electron chi connectivity index (χ0n) is 15.4.